The summed E-state index contributed by atoms with van der Waals surface area (Å²) in [7, 11) is 1.40. The third-order valence-electron chi connectivity index (χ3n) is 3.91. The van der Waals surface area contributed by atoms with Crippen molar-refractivity contribution in [3.8, 4) is 28.7 Å². The maximum Gasteiger partial charge on any atom is 0.280 e. The lowest BCUT2D eigenvalue weighted by Crippen LogP contribution is -2.18. The molecule has 128 valence electrons. The van der Waals surface area contributed by atoms with Gasteiger partial charge in [-0.1, -0.05) is 5.92 Å². The fourth-order valence-electron chi connectivity index (χ4n) is 2.26. The van der Waals surface area contributed by atoms with Gasteiger partial charge in [0.05, 0.1) is 18.8 Å². The zero-order valence-corrected chi connectivity index (χ0v) is 13.4. The van der Waals surface area contributed by atoms with E-state index in [1.165, 1.54) is 25.6 Å². The van der Waals surface area contributed by atoms with Crippen LogP contribution in [-0.4, -0.2) is 28.9 Å². The van der Waals surface area contributed by atoms with Gasteiger partial charge in [-0.3, -0.25) is 9.78 Å². The number of ether oxygens (including phenoxy) is 1. The summed E-state index contributed by atoms with van der Waals surface area (Å²) in [5.41, 5.74) is 6.42. The number of nitrogens with two attached hydrogens (primary N) is 1. The van der Waals surface area contributed by atoms with Crippen LogP contribution in [0.3, 0.4) is 0 Å². The highest BCUT2D eigenvalue weighted by Crippen LogP contribution is 2.34. The van der Waals surface area contributed by atoms with Crippen LogP contribution in [0.2, 0.25) is 0 Å². The Morgan fingerprint density at radius 3 is 2.64 bits per heavy atom. The number of carbonyl (C=O) groups excluding carboxylic acids is 1. The van der Waals surface area contributed by atoms with Gasteiger partial charge in [-0.2, -0.15) is 0 Å². The van der Waals surface area contributed by atoms with Crippen LogP contribution in [-0.2, 0) is 0 Å². The van der Waals surface area contributed by atoms with E-state index in [1.807, 2.05) is 0 Å². The molecule has 2 heterocycles. The van der Waals surface area contributed by atoms with Crippen molar-refractivity contribution in [3.63, 3.8) is 0 Å². The number of rotatable bonds is 4. The van der Waals surface area contributed by atoms with E-state index in [0.29, 0.717) is 23.1 Å². The zero-order valence-electron chi connectivity index (χ0n) is 13.4. The topological polar surface area (TPSA) is 78.1 Å². The molecular weight excluding hydrogens is 328 g/mol. The van der Waals surface area contributed by atoms with Gasteiger partial charge in [0.15, 0.2) is 6.29 Å². The number of nitrogens with zero attached hydrogens (tertiary/aromatic N) is 2. The third kappa shape index (κ3) is 3.64. The van der Waals surface area contributed by atoms with Gasteiger partial charge in [0, 0.05) is 22.9 Å². The molecule has 1 saturated carbocycles. The fourth-order valence-corrected chi connectivity index (χ4v) is 2.26. The summed E-state index contributed by atoms with van der Waals surface area (Å²) in [5, 5.41) is 0. The number of aldehydes is 1. The lowest BCUT2D eigenvalue weighted by molar-refractivity contribution is 0.112. The number of hydrogen-bond acceptors (Lipinski definition) is 5. The van der Waals surface area contributed by atoms with Crippen LogP contribution < -0.4 is 10.5 Å². The molecule has 0 spiro atoms. The Bertz CT molecular complexity index is 884. The van der Waals surface area contributed by atoms with Crippen LogP contribution in [0.15, 0.2) is 24.5 Å². The maximum atomic E-state index is 13.0. The quantitative estimate of drug-likeness (QED) is 0.682. The molecule has 7 heteroatoms. The number of methoxy groups -OCH3 is 1. The number of pyridine rings is 2. The predicted molar refractivity (Wildman–Crippen MR) is 87.4 cm³/mol. The molecular formula is C18H15F2N3O2. The Kier molecular flexibility index (Phi) is 4.47. The minimum absolute atomic E-state index is 0.240. The van der Waals surface area contributed by atoms with Gasteiger partial charge in [0.2, 0.25) is 0 Å². The number of hydrogen-bond donors (Lipinski definition) is 1. The average molecular weight is 343 g/mol. The predicted octanol–water partition coefficient (Wildman–Crippen LogP) is 2.75. The lowest BCUT2D eigenvalue weighted by Gasteiger charge is -2.12. The second-order valence-corrected chi connectivity index (χ2v) is 5.79. The molecule has 1 fully saturated rings. The summed E-state index contributed by atoms with van der Waals surface area (Å²) < 4.78 is 31.2. The van der Waals surface area contributed by atoms with E-state index in [4.69, 9.17) is 10.5 Å². The third-order valence-corrected chi connectivity index (χ3v) is 3.91. The molecule has 1 aliphatic rings. The van der Waals surface area contributed by atoms with E-state index in [-0.39, 0.29) is 11.3 Å². The Morgan fingerprint density at radius 2 is 2.04 bits per heavy atom. The summed E-state index contributed by atoms with van der Waals surface area (Å²) in [6.07, 6.45) is 2.08. The Labute approximate surface area is 143 Å². The van der Waals surface area contributed by atoms with Crippen molar-refractivity contribution in [3.05, 3.63) is 41.5 Å². The van der Waals surface area contributed by atoms with Crippen LogP contribution in [0.25, 0.3) is 11.1 Å². The van der Waals surface area contributed by atoms with Gasteiger partial charge in [0.1, 0.15) is 17.1 Å². The van der Waals surface area contributed by atoms with Crippen molar-refractivity contribution in [2.45, 2.75) is 24.8 Å². The molecule has 0 unspecified atom stereocenters. The molecule has 2 aromatic rings. The zero-order chi connectivity index (χ0) is 18.0. The van der Waals surface area contributed by atoms with E-state index in [9.17, 15) is 13.6 Å². The fraction of sp³-hybridized carbons (Fsp3) is 0.278. The normalized spacial score (nSPS) is 14.6. The molecule has 0 bridgehead atoms. The van der Waals surface area contributed by atoms with E-state index in [2.05, 4.69) is 21.8 Å². The first-order valence-corrected chi connectivity index (χ1v) is 7.55. The van der Waals surface area contributed by atoms with Gasteiger partial charge >= 0.3 is 0 Å². The highest BCUT2D eigenvalue weighted by atomic mass is 19.3. The maximum absolute atomic E-state index is 13.0. The molecule has 2 N–H and O–H groups in total. The summed E-state index contributed by atoms with van der Waals surface area (Å²) in [6, 6.07) is 2.77. The van der Waals surface area contributed by atoms with Gasteiger partial charge in [-0.15, -0.1) is 0 Å². The minimum atomic E-state index is -2.74. The average Bonchev–Trinajstić information content (AvgIpc) is 3.37. The van der Waals surface area contributed by atoms with Gasteiger partial charge < -0.3 is 10.5 Å². The molecule has 0 saturated heterocycles. The first-order valence-electron chi connectivity index (χ1n) is 7.55. The van der Waals surface area contributed by atoms with Gasteiger partial charge in [-0.05, 0) is 30.9 Å². The first-order chi connectivity index (χ1) is 12.0. The van der Waals surface area contributed by atoms with Crippen LogP contribution in [0.4, 0.5) is 8.78 Å². The minimum Gasteiger partial charge on any atom is -0.494 e. The smallest absolute Gasteiger partial charge is 0.280 e. The number of alkyl halides is 2. The van der Waals surface area contributed by atoms with Gasteiger partial charge in [0.25, 0.3) is 6.43 Å². The van der Waals surface area contributed by atoms with Crippen molar-refractivity contribution in [1.82, 2.24) is 9.97 Å². The second kappa shape index (κ2) is 6.57. The number of halogens is 2. The van der Waals surface area contributed by atoms with Crippen LogP contribution >= 0.6 is 0 Å². The van der Waals surface area contributed by atoms with Crippen molar-refractivity contribution in [2.75, 3.05) is 7.11 Å². The lowest BCUT2D eigenvalue weighted by atomic mass is 10.0. The summed E-state index contributed by atoms with van der Waals surface area (Å²) in [4.78, 5) is 19.1. The molecule has 0 radical (unpaired) electrons. The number of carbonyl (C=O) groups is 1. The molecule has 0 aliphatic heterocycles. The van der Waals surface area contributed by atoms with Crippen molar-refractivity contribution >= 4 is 6.29 Å². The molecule has 0 aromatic carbocycles. The standard InChI is InChI=1S/C18H15F2N3O2/c1-25-16-9-23-15(17(19)20)7-14(16)13-6-12(22-8-11(13)10-24)2-3-18(21)4-5-18/h6-10,17H,4-5,21H2,1H3. The van der Waals surface area contributed by atoms with Crippen molar-refractivity contribution in [2.24, 2.45) is 5.73 Å². The van der Waals surface area contributed by atoms with E-state index < -0.39 is 17.7 Å². The Balaban J connectivity index is 2.12. The number of aromatic nitrogens is 2. The van der Waals surface area contributed by atoms with Gasteiger partial charge in [-0.25, -0.2) is 13.8 Å². The van der Waals surface area contributed by atoms with Crippen LogP contribution in [0, 0.1) is 11.8 Å². The molecule has 1 aliphatic carbocycles. The first kappa shape index (κ1) is 17.0. The second-order valence-electron chi connectivity index (χ2n) is 5.79. The molecule has 3 rings (SSSR count). The van der Waals surface area contributed by atoms with Crippen molar-refractivity contribution < 1.29 is 18.3 Å². The van der Waals surface area contributed by atoms with Crippen LogP contribution in [0.1, 0.15) is 41.0 Å². The molecule has 25 heavy (non-hydrogen) atoms. The molecule has 5 nitrogen and oxygen atoms in total. The van der Waals surface area contributed by atoms with E-state index >= 15 is 0 Å². The van der Waals surface area contributed by atoms with E-state index in [0.717, 1.165) is 12.8 Å². The van der Waals surface area contributed by atoms with E-state index in [1.54, 1.807) is 6.07 Å². The summed E-state index contributed by atoms with van der Waals surface area (Å²) >= 11 is 0. The largest absolute Gasteiger partial charge is 0.494 e. The van der Waals surface area contributed by atoms with Crippen LogP contribution in [0.5, 0.6) is 5.75 Å². The molecule has 2 aromatic heterocycles. The highest BCUT2D eigenvalue weighted by Gasteiger charge is 2.36. The molecule has 0 amide bonds. The van der Waals surface area contributed by atoms with Crippen molar-refractivity contribution in [1.29, 1.82) is 0 Å². The summed E-state index contributed by atoms with van der Waals surface area (Å²) in [6.45, 7) is 0. The summed E-state index contributed by atoms with van der Waals surface area (Å²) in [5.74, 6) is 6.09. The SMILES string of the molecule is COc1cnc(C(F)F)cc1-c1cc(C#CC2(N)CC2)ncc1C=O. The highest BCUT2D eigenvalue weighted by molar-refractivity contribution is 5.89. The molecule has 0 atom stereocenters. The monoisotopic (exact) mass is 343 g/mol. The Hall–Kier alpha value is -2.85. The Morgan fingerprint density at radius 1 is 1.28 bits per heavy atom.